The predicted molar refractivity (Wildman–Crippen MR) is 107 cm³/mol. The number of halogens is 1. The van der Waals surface area contributed by atoms with Crippen LogP contribution in [0.2, 0.25) is 5.02 Å². The molecule has 0 bridgehead atoms. The van der Waals surface area contributed by atoms with Crippen LogP contribution in [0.5, 0.6) is 0 Å². The number of ether oxygens (including phenoxy) is 1. The second-order valence-corrected chi connectivity index (χ2v) is 6.96. The fraction of sp³-hybridized carbons (Fsp3) is 0.300. The molecule has 0 saturated heterocycles. The van der Waals surface area contributed by atoms with Crippen molar-refractivity contribution in [2.45, 2.75) is 33.2 Å². The van der Waals surface area contributed by atoms with Crippen LogP contribution in [0.15, 0.2) is 24.3 Å². The minimum absolute atomic E-state index is 0.160. The first-order valence-electron chi connectivity index (χ1n) is 8.81. The van der Waals surface area contributed by atoms with Gasteiger partial charge in [-0.1, -0.05) is 29.8 Å². The number of ketones is 2. The van der Waals surface area contributed by atoms with Gasteiger partial charge in [0.25, 0.3) is 0 Å². The molecule has 0 spiro atoms. The smallest absolute Gasteiger partial charge is 0.312 e. The lowest BCUT2D eigenvalue weighted by molar-refractivity contribution is -0.143. The first-order chi connectivity index (χ1) is 13.6. The minimum atomic E-state index is -0.826. The monoisotopic (exact) mass is 419 g/mol. The summed E-state index contributed by atoms with van der Waals surface area (Å²) in [5.41, 5.74) is 7.44. The number of nitrogens with two attached hydrogens (primary N) is 1. The topological polar surface area (TPSA) is 131 Å². The van der Waals surface area contributed by atoms with Gasteiger partial charge in [0.15, 0.2) is 12.4 Å². The van der Waals surface area contributed by atoms with Crippen LogP contribution < -0.4 is 11.1 Å². The molecular formula is C20H22ClN3O5. The number of amides is 2. The Labute approximate surface area is 172 Å². The molecule has 2 amide bonds. The number of benzene rings is 1. The van der Waals surface area contributed by atoms with E-state index in [1.165, 1.54) is 6.92 Å². The van der Waals surface area contributed by atoms with E-state index in [2.05, 4.69) is 10.3 Å². The summed E-state index contributed by atoms with van der Waals surface area (Å²) in [6.45, 7) is 4.25. The van der Waals surface area contributed by atoms with Crippen molar-refractivity contribution in [3.8, 4) is 0 Å². The lowest BCUT2D eigenvalue weighted by atomic mass is 10.0. The number of carbonyl (C=O) groups excluding carboxylic acids is 4. The van der Waals surface area contributed by atoms with Crippen molar-refractivity contribution in [1.82, 2.24) is 10.3 Å². The average Bonchev–Trinajstić information content (AvgIpc) is 2.93. The van der Waals surface area contributed by atoms with Crippen molar-refractivity contribution < 1.29 is 23.9 Å². The number of carbonyl (C=O) groups is 4. The normalized spacial score (nSPS) is 11.6. The summed E-state index contributed by atoms with van der Waals surface area (Å²) in [7, 11) is 0. The van der Waals surface area contributed by atoms with E-state index >= 15 is 0 Å². The van der Waals surface area contributed by atoms with E-state index < -0.39 is 30.4 Å². The molecule has 2 aromatic rings. The molecule has 0 aliphatic carbocycles. The van der Waals surface area contributed by atoms with Gasteiger partial charge in [-0.3, -0.25) is 14.4 Å². The first-order valence-corrected chi connectivity index (χ1v) is 9.18. The van der Waals surface area contributed by atoms with E-state index in [1.54, 1.807) is 38.1 Å². The SMILES string of the molecule is CC(=O)c1c(C)[nH]c(C(=O)COC(=O)C[C@@H](NC(N)=O)c2ccccc2Cl)c1C. The van der Waals surface area contributed by atoms with Crippen LogP contribution in [-0.4, -0.2) is 35.2 Å². The number of esters is 1. The third kappa shape index (κ3) is 5.45. The molecule has 154 valence electrons. The number of urea groups is 1. The van der Waals surface area contributed by atoms with Crippen LogP contribution in [0.25, 0.3) is 0 Å². The van der Waals surface area contributed by atoms with E-state index in [0.29, 0.717) is 27.4 Å². The second-order valence-electron chi connectivity index (χ2n) is 6.55. The van der Waals surface area contributed by atoms with Crippen LogP contribution in [0.4, 0.5) is 4.79 Å². The lowest BCUT2D eigenvalue weighted by Crippen LogP contribution is -2.35. The maximum absolute atomic E-state index is 12.4. The zero-order valence-corrected chi connectivity index (χ0v) is 17.1. The van der Waals surface area contributed by atoms with Crippen LogP contribution in [-0.2, 0) is 9.53 Å². The molecule has 0 aliphatic rings. The summed E-state index contributed by atoms with van der Waals surface area (Å²) in [5, 5.41) is 2.80. The number of rotatable bonds is 8. The number of primary amides is 1. The van der Waals surface area contributed by atoms with Gasteiger partial charge in [-0.25, -0.2) is 4.79 Å². The highest BCUT2D eigenvalue weighted by Gasteiger charge is 2.23. The summed E-state index contributed by atoms with van der Waals surface area (Å²) in [6.07, 6.45) is -0.263. The zero-order valence-electron chi connectivity index (χ0n) is 16.3. The summed E-state index contributed by atoms with van der Waals surface area (Å²) in [4.78, 5) is 50.5. The van der Waals surface area contributed by atoms with Crippen molar-refractivity contribution in [3.63, 3.8) is 0 Å². The van der Waals surface area contributed by atoms with Gasteiger partial charge in [0.1, 0.15) is 0 Å². The Morgan fingerprint density at radius 1 is 1.21 bits per heavy atom. The molecule has 1 atom stereocenters. The molecule has 9 heteroatoms. The Balaban J connectivity index is 2.07. The Hall–Kier alpha value is -3.13. The van der Waals surface area contributed by atoms with Gasteiger partial charge in [-0.15, -0.1) is 0 Å². The van der Waals surface area contributed by atoms with Crippen molar-refractivity contribution in [2.75, 3.05) is 6.61 Å². The summed E-state index contributed by atoms with van der Waals surface area (Å²) >= 11 is 6.12. The van der Waals surface area contributed by atoms with E-state index in [1.807, 2.05) is 0 Å². The number of aromatic amines is 1. The molecule has 0 aliphatic heterocycles. The quantitative estimate of drug-likeness (QED) is 0.447. The zero-order chi connectivity index (χ0) is 21.7. The number of aryl methyl sites for hydroxylation is 1. The number of nitrogens with one attached hydrogen (secondary N) is 2. The third-order valence-electron chi connectivity index (χ3n) is 4.40. The van der Waals surface area contributed by atoms with Gasteiger partial charge in [0, 0.05) is 16.3 Å². The molecule has 0 fully saturated rings. The van der Waals surface area contributed by atoms with Gasteiger partial charge < -0.3 is 20.8 Å². The number of H-pyrrole nitrogens is 1. The number of hydrogen-bond acceptors (Lipinski definition) is 5. The molecule has 0 radical (unpaired) electrons. The number of hydrogen-bond donors (Lipinski definition) is 3. The average molecular weight is 420 g/mol. The van der Waals surface area contributed by atoms with Crippen LogP contribution in [0, 0.1) is 13.8 Å². The van der Waals surface area contributed by atoms with Gasteiger partial charge in [0.2, 0.25) is 5.78 Å². The third-order valence-corrected chi connectivity index (χ3v) is 4.74. The van der Waals surface area contributed by atoms with Crippen molar-refractivity contribution in [2.24, 2.45) is 5.73 Å². The van der Waals surface area contributed by atoms with Gasteiger partial charge >= 0.3 is 12.0 Å². The molecule has 0 saturated carbocycles. The van der Waals surface area contributed by atoms with Crippen molar-refractivity contribution in [1.29, 1.82) is 0 Å². The standard InChI is InChI=1S/C20H22ClN3O5/c1-10-18(12(3)25)11(2)23-19(10)16(26)9-29-17(27)8-15(24-20(22)28)13-6-4-5-7-14(13)21/h4-7,15,23H,8-9H2,1-3H3,(H3,22,24,28)/t15-/m1/s1. The van der Waals surface area contributed by atoms with Crippen molar-refractivity contribution in [3.05, 3.63) is 57.4 Å². The number of Topliss-reactive ketones (excluding diaryl/α,β-unsaturated/α-hetero) is 2. The molecule has 1 aromatic carbocycles. The van der Waals surface area contributed by atoms with Gasteiger partial charge in [-0.05, 0) is 38.0 Å². The summed E-state index contributed by atoms with van der Waals surface area (Å²) in [6, 6.07) is 5.05. The maximum atomic E-state index is 12.4. The second kappa shape index (κ2) is 9.38. The number of aromatic nitrogens is 1. The molecular weight excluding hydrogens is 398 g/mol. The van der Waals surface area contributed by atoms with E-state index in [-0.39, 0.29) is 17.9 Å². The maximum Gasteiger partial charge on any atom is 0.312 e. The summed E-state index contributed by atoms with van der Waals surface area (Å²) in [5.74, 6) is -1.35. The van der Waals surface area contributed by atoms with Crippen LogP contribution in [0.1, 0.15) is 57.1 Å². The van der Waals surface area contributed by atoms with E-state index in [9.17, 15) is 19.2 Å². The molecule has 29 heavy (non-hydrogen) atoms. The first kappa shape index (κ1) is 22.2. The van der Waals surface area contributed by atoms with Crippen LogP contribution in [0.3, 0.4) is 0 Å². The minimum Gasteiger partial charge on any atom is -0.457 e. The summed E-state index contributed by atoms with van der Waals surface area (Å²) < 4.78 is 5.07. The van der Waals surface area contributed by atoms with Gasteiger partial charge in [0.05, 0.1) is 18.2 Å². The lowest BCUT2D eigenvalue weighted by Gasteiger charge is -2.18. The molecule has 8 nitrogen and oxygen atoms in total. The highest BCUT2D eigenvalue weighted by molar-refractivity contribution is 6.31. The highest BCUT2D eigenvalue weighted by atomic mass is 35.5. The molecule has 0 unspecified atom stereocenters. The Morgan fingerprint density at radius 2 is 1.86 bits per heavy atom. The van der Waals surface area contributed by atoms with E-state index in [0.717, 1.165) is 0 Å². The molecule has 1 aromatic heterocycles. The molecule has 1 heterocycles. The fourth-order valence-corrected chi connectivity index (χ4v) is 3.44. The fourth-order valence-electron chi connectivity index (χ4n) is 3.17. The Morgan fingerprint density at radius 3 is 2.41 bits per heavy atom. The highest BCUT2D eigenvalue weighted by Crippen LogP contribution is 2.25. The van der Waals surface area contributed by atoms with Gasteiger partial charge in [-0.2, -0.15) is 0 Å². The Kier molecular flexibility index (Phi) is 7.17. The largest absolute Gasteiger partial charge is 0.457 e. The molecule has 2 rings (SSSR count). The Bertz CT molecular complexity index is 967. The molecule has 4 N–H and O–H groups in total. The van der Waals surface area contributed by atoms with Crippen LogP contribution >= 0.6 is 11.6 Å². The van der Waals surface area contributed by atoms with E-state index in [4.69, 9.17) is 22.1 Å². The van der Waals surface area contributed by atoms with Crippen molar-refractivity contribution >= 4 is 35.2 Å². The predicted octanol–water partition coefficient (Wildman–Crippen LogP) is 3.01.